The van der Waals surface area contributed by atoms with E-state index in [1.165, 1.54) is 6.42 Å². The standard InChI is InChI=1S/C12H21N3O2/c13-6-8-3-1-2-4-10(8)12(17)15-9-5-11(16)14-7-9/h8-10H,1-7,13H2,(H,14,16)(H,15,17). The molecule has 5 nitrogen and oxygen atoms in total. The van der Waals surface area contributed by atoms with Gasteiger partial charge in [0.1, 0.15) is 0 Å². The van der Waals surface area contributed by atoms with E-state index in [9.17, 15) is 9.59 Å². The van der Waals surface area contributed by atoms with Gasteiger partial charge in [0.15, 0.2) is 0 Å². The lowest BCUT2D eigenvalue weighted by Crippen LogP contribution is -2.44. The summed E-state index contributed by atoms with van der Waals surface area (Å²) in [5.74, 6) is 0.467. The number of hydrogen-bond donors (Lipinski definition) is 3. The molecule has 17 heavy (non-hydrogen) atoms. The van der Waals surface area contributed by atoms with Crippen molar-refractivity contribution >= 4 is 11.8 Å². The van der Waals surface area contributed by atoms with Crippen LogP contribution in [0, 0.1) is 11.8 Å². The highest BCUT2D eigenvalue weighted by Gasteiger charge is 2.32. The van der Waals surface area contributed by atoms with Gasteiger partial charge in [-0.25, -0.2) is 0 Å². The number of amides is 2. The molecule has 1 saturated carbocycles. The molecule has 0 spiro atoms. The molecule has 2 amide bonds. The summed E-state index contributed by atoms with van der Waals surface area (Å²) in [5.41, 5.74) is 5.72. The van der Waals surface area contributed by atoms with Crippen LogP contribution in [0.25, 0.3) is 0 Å². The van der Waals surface area contributed by atoms with Gasteiger partial charge >= 0.3 is 0 Å². The Morgan fingerprint density at radius 2 is 2.18 bits per heavy atom. The van der Waals surface area contributed by atoms with Crippen LogP contribution in [0.4, 0.5) is 0 Å². The fourth-order valence-electron chi connectivity index (χ4n) is 2.85. The lowest BCUT2D eigenvalue weighted by molar-refractivity contribution is -0.128. The Kier molecular flexibility index (Phi) is 3.99. The van der Waals surface area contributed by atoms with Crippen LogP contribution in [0.5, 0.6) is 0 Å². The number of nitrogens with two attached hydrogens (primary N) is 1. The first-order valence-corrected chi connectivity index (χ1v) is 6.48. The third-order valence-corrected chi connectivity index (χ3v) is 3.87. The fourth-order valence-corrected chi connectivity index (χ4v) is 2.85. The average Bonchev–Trinajstić information content (AvgIpc) is 2.74. The van der Waals surface area contributed by atoms with Crippen molar-refractivity contribution in [2.75, 3.05) is 13.1 Å². The van der Waals surface area contributed by atoms with Crippen molar-refractivity contribution in [2.45, 2.75) is 38.1 Å². The van der Waals surface area contributed by atoms with Gasteiger partial charge in [-0.05, 0) is 25.3 Å². The predicted octanol–water partition coefficient (Wildman–Crippen LogP) is -0.244. The molecule has 3 atom stereocenters. The van der Waals surface area contributed by atoms with Gasteiger partial charge in [-0.3, -0.25) is 9.59 Å². The Hall–Kier alpha value is -1.10. The first-order chi connectivity index (χ1) is 8.20. The van der Waals surface area contributed by atoms with Gasteiger partial charge < -0.3 is 16.4 Å². The minimum absolute atomic E-state index is 0.0225. The van der Waals surface area contributed by atoms with E-state index < -0.39 is 0 Å². The van der Waals surface area contributed by atoms with E-state index in [1.54, 1.807) is 0 Å². The lowest BCUT2D eigenvalue weighted by atomic mass is 9.78. The van der Waals surface area contributed by atoms with Crippen LogP contribution in [-0.2, 0) is 9.59 Å². The Labute approximate surface area is 102 Å². The highest BCUT2D eigenvalue weighted by Crippen LogP contribution is 2.29. The Morgan fingerprint density at radius 3 is 2.82 bits per heavy atom. The van der Waals surface area contributed by atoms with Gasteiger partial charge in [0.25, 0.3) is 0 Å². The van der Waals surface area contributed by atoms with Gasteiger partial charge in [0.2, 0.25) is 11.8 Å². The largest absolute Gasteiger partial charge is 0.354 e. The second-order valence-corrected chi connectivity index (χ2v) is 5.10. The van der Waals surface area contributed by atoms with E-state index >= 15 is 0 Å². The van der Waals surface area contributed by atoms with E-state index in [0.717, 1.165) is 19.3 Å². The molecule has 1 aliphatic heterocycles. The summed E-state index contributed by atoms with van der Waals surface area (Å²) in [4.78, 5) is 23.2. The third kappa shape index (κ3) is 2.97. The van der Waals surface area contributed by atoms with E-state index in [1.807, 2.05) is 0 Å². The molecule has 2 fully saturated rings. The van der Waals surface area contributed by atoms with Gasteiger partial charge in [0, 0.05) is 18.9 Å². The molecule has 0 radical (unpaired) electrons. The average molecular weight is 239 g/mol. The smallest absolute Gasteiger partial charge is 0.223 e. The molecule has 1 aliphatic carbocycles. The fraction of sp³-hybridized carbons (Fsp3) is 0.833. The second kappa shape index (κ2) is 5.49. The van der Waals surface area contributed by atoms with E-state index in [4.69, 9.17) is 5.73 Å². The van der Waals surface area contributed by atoms with Crippen LogP contribution < -0.4 is 16.4 Å². The Balaban J connectivity index is 1.87. The van der Waals surface area contributed by atoms with Crippen molar-refractivity contribution in [3.63, 3.8) is 0 Å². The molecule has 1 heterocycles. The minimum atomic E-state index is -0.0321. The number of nitrogens with one attached hydrogen (secondary N) is 2. The number of carbonyl (C=O) groups is 2. The van der Waals surface area contributed by atoms with E-state index in [2.05, 4.69) is 10.6 Å². The van der Waals surface area contributed by atoms with Gasteiger partial charge in [-0.2, -0.15) is 0 Å². The van der Waals surface area contributed by atoms with E-state index in [-0.39, 0.29) is 23.8 Å². The van der Waals surface area contributed by atoms with Crippen LogP contribution in [0.3, 0.4) is 0 Å². The lowest BCUT2D eigenvalue weighted by Gasteiger charge is -2.30. The summed E-state index contributed by atoms with van der Waals surface area (Å²) in [6.07, 6.45) is 4.68. The summed E-state index contributed by atoms with van der Waals surface area (Å²) in [7, 11) is 0. The predicted molar refractivity (Wildman–Crippen MR) is 64.1 cm³/mol. The molecular weight excluding hydrogens is 218 g/mol. The van der Waals surface area contributed by atoms with Crippen molar-refractivity contribution in [3.05, 3.63) is 0 Å². The normalized spacial score (nSPS) is 33.2. The zero-order chi connectivity index (χ0) is 12.3. The monoisotopic (exact) mass is 239 g/mol. The van der Waals surface area contributed by atoms with E-state index in [0.29, 0.717) is 25.4 Å². The number of hydrogen-bond acceptors (Lipinski definition) is 3. The van der Waals surface area contributed by atoms with Crippen LogP contribution in [0.15, 0.2) is 0 Å². The zero-order valence-corrected chi connectivity index (χ0v) is 10.1. The maximum Gasteiger partial charge on any atom is 0.223 e. The summed E-state index contributed by atoms with van der Waals surface area (Å²) in [6.45, 7) is 1.14. The quantitative estimate of drug-likeness (QED) is 0.635. The minimum Gasteiger partial charge on any atom is -0.354 e. The molecular formula is C12H21N3O2. The Bertz CT molecular complexity index is 306. The van der Waals surface area contributed by atoms with Crippen molar-refractivity contribution in [1.82, 2.24) is 10.6 Å². The topological polar surface area (TPSA) is 84.2 Å². The molecule has 0 bridgehead atoms. The van der Waals surface area contributed by atoms with Crippen LogP contribution >= 0.6 is 0 Å². The maximum absolute atomic E-state index is 12.1. The summed E-state index contributed by atoms with van der Waals surface area (Å²) in [6, 6.07) is -0.0321. The molecule has 96 valence electrons. The summed E-state index contributed by atoms with van der Waals surface area (Å²) < 4.78 is 0. The molecule has 2 rings (SSSR count). The van der Waals surface area contributed by atoms with Crippen LogP contribution in [0.2, 0.25) is 0 Å². The molecule has 1 saturated heterocycles. The molecule has 2 aliphatic rings. The van der Waals surface area contributed by atoms with Gasteiger partial charge in [-0.15, -0.1) is 0 Å². The molecule has 5 heteroatoms. The van der Waals surface area contributed by atoms with Crippen molar-refractivity contribution in [1.29, 1.82) is 0 Å². The second-order valence-electron chi connectivity index (χ2n) is 5.10. The van der Waals surface area contributed by atoms with Crippen LogP contribution in [-0.4, -0.2) is 30.9 Å². The highest BCUT2D eigenvalue weighted by molar-refractivity contribution is 5.83. The molecule has 4 N–H and O–H groups in total. The molecule has 0 aromatic carbocycles. The summed E-state index contributed by atoms with van der Waals surface area (Å²) >= 11 is 0. The maximum atomic E-state index is 12.1. The third-order valence-electron chi connectivity index (χ3n) is 3.87. The number of carbonyl (C=O) groups excluding carboxylic acids is 2. The van der Waals surface area contributed by atoms with Crippen molar-refractivity contribution in [3.8, 4) is 0 Å². The highest BCUT2D eigenvalue weighted by atomic mass is 16.2. The first kappa shape index (κ1) is 12.4. The van der Waals surface area contributed by atoms with Crippen LogP contribution in [0.1, 0.15) is 32.1 Å². The number of rotatable bonds is 3. The zero-order valence-electron chi connectivity index (χ0n) is 10.1. The molecule has 3 unspecified atom stereocenters. The Morgan fingerprint density at radius 1 is 1.41 bits per heavy atom. The summed E-state index contributed by atoms with van der Waals surface area (Å²) in [5, 5.41) is 5.69. The molecule has 0 aromatic rings. The van der Waals surface area contributed by atoms with Crippen molar-refractivity contribution < 1.29 is 9.59 Å². The van der Waals surface area contributed by atoms with Gasteiger partial charge in [0.05, 0.1) is 6.04 Å². The van der Waals surface area contributed by atoms with Crippen molar-refractivity contribution in [2.24, 2.45) is 17.6 Å². The molecule has 0 aromatic heterocycles. The SMILES string of the molecule is NCC1CCCCC1C(=O)NC1CNC(=O)C1. The van der Waals surface area contributed by atoms with Gasteiger partial charge in [-0.1, -0.05) is 12.8 Å². The first-order valence-electron chi connectivity index (χ1n) is 6.48.